The molecule has 1 aliphatic rings. The van der Waals surface area contributed by atoms with Crippen molar-refractivity contribution < 1.29 is 24.4 Å². The van der Waals surface area contributed by atoms with E-state index in [0.29, 0.717) is 17.8 Å². The van der Waals surface area contributed by atoms with Gasteiger partial charge in [-0.1, -0.05) is 11.5 Å². The van der Waals surface area contributed by atoms with E-state index in [1.807, 2.05) is 12.1 Å². The van der Waals surface area contributed by atoms with Crippen LogP contribution in [-0.2, 0) is 4.74 Å². The number of aliphatic hydroxyl groups is 2. The van der Waals surface area contributed by atoms with E-state index in [-0.39, 0.29) is 0 Å². The van der Waals surface area contributed by atoms with Crippen molar-refractivity contribution in [3.8, 4) is 11.5 Å². The highest BCUT2D eigenvalue weighted by molar-refractivity contribution is 6.32. The second-order valence-electron chi connectivity index (χ2n) is 7.68. The quantitative estimate of drug-likeness (QED) is 0.547. The zero-order valence-corrected chi connectivity index (χ0v) is 17.3. The molecule has 1 aromatic carbocycles. The van der Waals surface area contributed by atoms with Gasteiger partial charge in [0.15, 0.2) is 11.5 Å². The highest BCUT2D eigenvalue weighted by Gasteiger charge is 2.31. The summed E-state index contributed by atoms with van der Waals surface area (Å²) in [5.41, 5.74) is -1.34. The van der Waals surface area contributed by atoms with Gasteiger partial charge in [0.25, 0.3) is 0 Å². The molecule has 7 heteroatoms. The van der Waals surface area contributed by atoms with Crippen LogP contribution in [0.4, 0.5) is 0 Å². The number of rotatable bonds is 7. The summed E-state index contributed by atoms with van der Waals surface area (Å²) in [5, 5.41) is 18.2. The maximum absolute atomic E-state index is 9.10. The van der Waals surface area contributed by atoms with Crippen molar-refractivity contribution in [3.63, 3.8) is 0 Å². The summed E-state index contributed by atoms with van der Waals surface area (Å²) in [6.07, 6.45) is 0.994. The smallest absolute Gasteiger partial charge is 0.161 e. The first-order valence-corrected chi connectivity index (χ1v) is 9.36. The summed E-state index contributed by atoms with van der Waals surface area (Å²) >= 11 is 0. The molecule has 0 saturated carbocycles. The summed E-state index contributed by atoms with van der Waals surface area (Å²) in [7, 11) is 7.32. The maximum atomic E-state index is 9.10. The molecule has 0 unspecified atom stereocenters. The van der Waals surface area contributed by atoms with E-state index in [0.717, 1.165) is 45.0 Å². The van der Waals surface area contributed by atoms with Gasteiger partial charge in [0.05, 0.1) is 38.1 Å². The Morgan fingerprint density at radius 1 is 1.07 bits per heavy atom. The second kappa shape index (κ2) is 10.9. The summed E-state index contributed by atoms with van der Waals surface area (Å²) < 4.78 is 16.3. The lowest BCUT2D eigenvalue weighted by Gasteiger charge is -2.31. The van der Waals surface area contributed by atoms with Gasteiger partial charge in [-0.15, -0.1) is 0 Å². The SMILES string of the molecule is CC(C)(O)C(C)(C)O.[B]c1ccc(OCCCN2CCOCC2)c(OC)c1. The second-order valence-corrected chi connectivity index (χ2v) is 7.68. The van der Waals surface area contributed by atoms with Crippen molar-refractivity contribution >= 4 is 13.3 Å². The van der Waals surface area contributed by atoms with Crippen LogP contribution in [0.1, 0.15) is 34.1 Å². The first kappa shape index (κ1) is 23.8. The Labute approximate surface area is 164 Å². The van der Waals surface area contributed by atoms with E-state index < -0.39 is 11.2 Å². The van der Waals surface area contributed by atoms with Gasteiger partial charge in [0.2, 0.25) is 0 Å². The first-order valence-electron chi connectivity index (χ1n) is 9.36. The van der Waals surface area contributed by atoms with Crippen LogP contribution in [0.25, 0.3) is 0 Å². The van der Waals surface area contributed by atoms with Gasteiger partial charge in [-0.05, 0) is 46.2 Å². The van der Waals surface area contributed by atoms with Crippen LogP contribution >= 0.6 is 0 Å². The Morgan fingerprint density at radius 3 is 2.19 bits per heavy atom. The summed E-state index contributed by atoms with van der Waals surface area (Å²) in [6, 6.07) is 5.44. The first-order chi connectivity index (χ1) is 12.5. The molecule has 0 aliphatic carbocycles. The highest BCUT2D eigenvalue weighted by atomic mass is 16.5. The fourth-order valence-electron chi connectivity index (χ4n) is 2.10. The van der Waals surface area contributed by atoms with Crippen molar-refractivity contribution in [2.45, 2.75) is 45.3 Å². The van der Waals surface area contributed by atoms with E-state index >= 15 is 0 Å². The van der Waals surface area contributed by atoms with Gasteiger partial charge in [0.1, 0.15) is 7.85 Å². The topological polar surface area (TPSA) is 71.4 Å². The Hall–Kier alpha value is -1.28. The van der Waals surface area contributed by atoms with Crippen molar-refractivity contribution in [1.82, 2.24) is 4.90 Å². The van der Waals surface area contributed by atoms with Crippen LogP contribution in [0.15, 0.2) is 18.2 Å². The molecule has 0 bridgehead atoms. The number of hydrogen-bond acceptors (Lipinski definition) is 6. The molecule has 2 N–H and O–H groups in total. The third kappa shape index (κ3) is 8.97. The molecule has 1 aromatic rings. The van der Waals surface area contributed by atoms with Gasteiger partial charge in [-0.2, -0.15) is 0 Å². The van der Waals surface area contributed by atoms with Crippen LogP contribution < -0.4 is 14.9 Å². The Kier molecular flexibility index (Phi) is 9.60. The zero-order valence-electron chi connectivity index (χ0n) is 17.3. The normalized spacial score (nSPS) is 15.7. The highest BCUT2D eigenvalue weighted by Crippen LogP contribution is 2.24. The number of ether oxygens (including phenoxy) is 3. The van der Waals surface area contributed by atoms with Gasteiger partial charge in [-0.25, -0.2) is 0 Å². The van der Waals surface area contributed by atoms with Crippen LogP contribution in [0.5, 0.6) is 11.5 Å². The zero-order chi connectivity index (χ0) is 20.5. The fraction of sp³-hybridized carbons (Fsp3) is 0.700. The van der Waals surface area contributed by atoms with E-state index in [1.165, 1.54) is 0 Å². The molecule has 1 fully saturated rings. The molecule has 0 amide bonds. The molecule has 152 valence electrons. The predicted octanol–water partition coefficient (Wildman–Crippen LogP) is 1.12. The van der Waals surface area contributed by atoms with Gasteiger partial charge >= 0.3 is 0 Å². The summed E-state index contributed by atoms with van der Waals surface area (Å²) in [6.45, 7) is 11.7. The Bertz CT molecular complexity index is 536. The van der Waals surface area contributed by atoms with Gasteiger partial charge in [-0.3, -0.25) is 4.90 Å². The predicted molar refractivity (Wildman–Crippen MR) is 108 cm³/mol. The fourth-order valence-corrected chi connectivity index (χ4v) is 2.10. The molecule has 1 aliphatic heterocycles. The number of benzene rings is 1. The number of methoxy groups -OCH3 is 1. The van der Waals surface area contributed by atoms with Crippen molar-refractivity contribution in [3.05, 3.63) is 18.2 Å². The molecule has 0 atom stereocenters. The lowest BCUT2D eigenvalue weighted by Crippen LogP contribution is -2.44. The molecular formula is C20H34BNO5. The average molecular weight is 379 g/mol. The minimum absolute atomic E-state index is 0.678. The van der Waals surface area contributed by atoms with E-state index in [9.17, 15) is 0 Å². The third-order valence-corrected chi connectivity index (χ3v) is 4.66. The van der Waals surface area contributed by atoms with Crippen LogP contribution in [0, 0.1) is 0 Å². The minimum Gasteiger partial charge on any atom is -0.493 e. The monoisotopic (exact) mass is 379 g/mol. The summed E-state index contributed by atoms with van der Waals surface area (Å²) in [4.78, 5) is 2.40. The molecule has 6 nitrogen and oxygen atoms in total. The van der Waals surface area contributed by atoms with E-state index in [4.69, 9.17) is 32.3 Å². The van der Waals surface area contributed by atoms with Gasteiger partial charge in [0, 0.05) is 19.6 Å². The van der Waals surface area contributed by atoms with E-state index in [1.54, 1.807) is 40.9 Å². The number of nitrogens with zero attached hydrogens (tertiary/aromatic N) is 1. The van der Waals surface area contributed by atoms with Crippen LogP contribution in [0.2, 0.25) is 0 Å². The molecule has 2 rings (SSSR count). The number of morpholine rings is 1. The lowest BCUT2D eigenvalue weighted by molar-refractivity contribution is -0.107. The largest absolute Gasteiger partial charge is 0.493 e. The maximum Gasteiger partial charge on any atom is 0.161 e. The Morgan fingerprint density at radius 2 is 1.67 bits per heavy atom. The van der Waals surface area contributed by atoms with Crippen molar-refractivity contribution in [1.29, 1.82) is 0 Å². The standard InChI is InChI=1S/C14H20BNO3.C6H14O2/c1-17-14-11-12(15)3-4-13(14)19-8-2-5-16-6-9-18-10-7-16;1-5(2,7)6(3,4)8/h3-4,11H,2,5-10H2,1H3;7-8H,1-4H3. The molecule has 0 spiro atoms. The van der Waals surface area contributed by atoms with Gasteiger partial charge < -0.3 is 24.4 Å². The average Bonchev–Trinajstić information content (AvgIpc) is 2.59. The molecular weight excluding hydrogens is 345 g/mol. The molecule has 0 aromatic heterocycles. The van der Waals surface area contributed by atoms with Crippen molar-refractivity contribution in [2.24, 2.45) is 0 Å². The molecule has 1 saturated heterocycles. The number of hydrogen-bond donors (Lipinski definition) is 2. The van der Waals surface area contributed by atoms with Crippen LogP contribution in [0.3, 0.4) is 0 Å². The minimum atomic E-state index is -1.01. The summed E-state index contributed by atoms with van der Waals surface area (Å²) in [5.74, 6) is 1.44. The lowest BCUT2D eigenvalue weighted by atomic mass is 9.90. The van der Waals surface area contributed by atoms with Crippen LogP contribution in [-0.4, -0.2) is 80.7 Å². The molecule has 27 heavy (non-hydrogen) atoms. The Balaban J connectivity index is 0.000000387. The van der Waals surface area contributed by atoms with E-state index in [2.05, 4.69) is 4.90 Å². The van der Waals surface area contributed by atoms with Crippen molar-refractivity contribution in [2.75, 3.05) is 46.6 Å². The third-order valence-electron chi connectivity index (χ3n) is 4.66. The molecule has 1 heterocycles. The molecule has 2 radical (unpaired) electrons.